The lowest BCUT2D eigenvalue weighted by Crippen LogP contribution is -2.36. The quantitative estimate of drug-likeness (QED) is 0.765. The molecule has 0 bridgehead atoms. The van der Waals surface area contributed by atoms with E-state index in [1.54, 1.807) is 0 Å². The Hall–Kier alpha value is -0.870. The molecular formula is C12H23N3O. The molecule has 0 aliphatic rings. The molecule has 0 radical (unpaired) electrons. The van der Waals surface area contributed by atoms with E-state index >= 15 is 0 Å². The molecule has 1 aromatic rings. The minimum absolute atomic E-state index is 0.116. The third-order valence-electron chi connectivity index (χ3n) is 2.79. The highest BCUT2D eigenvalue weighted by molar-refractivity contribution is 5.04. The Morgan fingerprint density at radius 1 is 1.50 bits per heavy atom. The Labute approximate surface area is 97.8 Å². The molecule has 0 saturated heterocycles. The number of aryl methyl sites for hydroxylation is 2. The lowest BCUT2D eigenvalue weighted by molar-refractivity contribution is 0.0398. The SMILES string of the molecule is CCOC(CC)C(N)CCc1cnn(C)c1. The van der Waals surface area contributed by atoms with Crippen LogP contribution in [0.5, 0.6) is 0 Å². The fourth-order valence-electron chi connectivity index (χ4n) is 1.88. The van der Waals surface area contributed by atoms with E-state index < -0.39 is 0 Å². The lowest BCUT2D eigenvalue weighted by atomic mass is 10.0. The monoisotopic (exact) mass is 225 g/mol. The highest BCUT2D eigenvalue weighted by atomic mass is 16.5. The van der Waals surface area contributed by atoms with Gasteiger partial charge in [-0.2, -0.15) is 5.10 Å². The molecule has 1 heterocycles. The number of hydrogen-bond donors (Lipinski definition) is 1. The number of aromatic nitrogens is 2. The molecule has 0 fully saturated rings. The van der Waals surface area contributed by atoms with Crippen LogP contribution in [0.25, 0.3) is 0 Å². The summed E-state index contributed by atoms with van der Waals surface area (Å²) in [6.45, 7) is 4.86. The zero-order valence-electron chi connectivity index (χ0n) is 10.5. The van der Waals surface area contributed by atoms with E-state index in [1.165, 1.54) is 5.56 Å². The molecule has 0 aliphatic carbocycles. The first-order chi connectivity index (χ1) is 7.67. The fraction of sp³-hybridized carbons (Fsp3) is 0.750. The molecule has 92 valence electrons. The number of nitrogens with two attached hydrogens (primary N) is 1. The predicted molar refractivity (Wildman–Crippen MR) is 65.2 cm³/mol. The van der Waals surface area contributed by atoms with Crippen molar-refractivity contribution in [2.24, 2.45) is 12.8 Å². The Balaban J connectivity index is 2.36. The van der Waals surface area contributed by atoms with E-state index in [0.29, 0.717) is 0 Å². The van der Waals surface area contributed by atoms with Gasteiger partial charge in [0.1, 0.15) is 0 Å². The van der Waals surface area contributed by atoms with Crippen molar-refractivity contribution in [2.75, 3.05) is 6.61 Å². The van der Waals surface area contributed by atoms with Crippen LogP contribution in [0.3, 0.4) is 0 Å². The maximum absolute atomic E-state index is 6.12. The topological polar surface area (TPSA) is 53.1 Å². The van der Waals surface area contributed by atoms with Crippen LogP contribution < -0.4 is 5.73 Å². The van der Waals surface area contributed by atoms with Crippen molar-refractivity contribution in [2.45, 2.75) is 45.3 Å². The molecule has 1 rings (SSSR count). The Kier molecular flexibility index (Phi) is 5.49. The Bertz CT molecular complexity index is 298. The van der Waals surface area contributed by atoms with Gasteiger partial charge in [0.2, 0.25) is 0 Å². The van der Waals surface area contributed by atoms with Crippen LogP contribution in [0.4, 0.5) is 0 Å². The van der Waals surface area contributed by atoms with E-state index in [9.17, 15) is 0 Å². The summed E-state index contributed by atoms with van der Waals surface area (Å²) in [6, 6.07) is 0.116. The first-order valence-corrected chi connectivity index (χ1v) is 6.02. The largest absolute Gasteiger partial charge is 0.377 e. The minimum atomic E-state index is 0.116. The summed E-state index contributed by atoms with van der Waals surface area (Å²) >= 11 is 0. The molecule has 0 aromatic carbocycles. The molecule has 2 unspecified atom stereocenters. The van der Waals surface area contributed by atoms with Crippen LogP contribution in [0.15, 0.2) is 12.4 Å². The molecule has 4 nitrogen and oxygen atoms in total. The van der Waals surface area contributed by atoms with Crippen LogP contribution in [0.2, 0.25) is 0 Å². The van der Waals surface area contributed by atoms with Gasteiger partial charge in [0.15, 0.2) is 0 Å². The average Bonchev–Trinajstić information content (AvgIpc) is 2.68. The smallest absolute Gasteiger partial charge is 0.0723 e. The zero-order valence-corrected chi connectivity index (χ0v) is 10.5. The zero-order chi connectivity index (χ0) is 12.0. The molecule has 0 amide bonds. The van der Waals surface area contributed by atoms with Crippen molar-refractivity contribution in [1.29, 1.82) is 0 Å². The highest BCUT2D eigenvalue weighted by Crippen LogP contribution is 2.10. The highest BCUT2D eigenvalue weighted by Gasteiger charge is 2.15. The first kappa shape index (κ1) is 13.2. The van der Waals surface area contributed by atoms with Gasteiger partial charge in [-0.15, -0.1) is 0 Å². The molecule has 0 saturated carbocycles. The second kappa shape index (κ2) is 6.66. The summed E-state index contributed by atoms with van der Waals surface area (Å²) in [7, 11) is 1.93. The van der Waals surface area contributed by atoms with Gasteiger partial charge in [-0.3, -0.25) is 4.68 Å². The van der Waals surface area contributed by atoms with Crippen LogP contribution in [0, 0.1) is 0 Å². The van der Waals surface area contributed by atoms with E-state index in [4.69, 9.17) is 10.5 Å². The first-order valence-electron chi connectivity index (χ1n) is 6.02. The maximum Gasteiger partial charge on any atom is 0.0723 e. The van der Waals surface area contributed by atoms with E-state index in [0.717, 1.165) is 25.9 Å². The number of nitrogens with zero attached hydrogens (tertiary/aromatic N) is 2. The van der Waals surface area contributed by atoms with Gasteiger partial charge >= 0.3 is 0 Å². The Morgan fingerprint density at radius 3 is 2.75 bits per heavy atom. The van der Waals surface area contributed by atoms with Crippen molar-refractivity contribution >= 4 is 0 Å². The number of hydrogen-bond acceptors (Lipinski definition) is 3. The van der Waals surface area contributed by atoms with Crippen molar-refractivity contribution < 1.29 is 4.74 Å². The van der Waals surface area contributed by atoms with Crippen LogP contribution in [-0.4, -0.2) is 28.5 Å². The second-order valence-electron chi connectivity index (χ2n) is 4.13. The molecular weight excluding hydrogens is 202 g/mol. The summed E-state index contributed by atoms with van der Waals surface area (Å²) in [4.78, 5) is 0. The van der Waals surface area contributed by atoms with Gasteiger partial charge in [-0.1, -0.05) is 6.92 Å². The van der Waals surface area contributed by atoms with Crippen molar-refractivity contribution in [3.05, 3.63) is 18.0 Å². The van der Waals surface area contributed by atoms with Gasteiger partial charge in [-0.25, -0.2) is 0 Å². The maximum atomic E-state index is 6.12. The molecule has 1 aromatic heterocycles. The third-order valence-corrected chi connectivity index (χ3v) is 2.79. The van der Waals surface area contributed by atoms with Crippen LogP contribution in [-0.2, 0) is 18.2 Å². The van der Waals surface area contributed by atoms with Gasteiger partial charge in [0.25, 0.3) is 0 Å². The summed E-state index contributed by atoms with van der Waals surface area (Å²) in [5, 5.41) is 4.14. The normalized spacial score (nSPS) is 15.0. The second-order valence-corrected chi connectivity index (χ2v) is 4.13. The third kappa shape index (κ3) is 3.94. The molecule has 4 heteroatoms. The van der Waals surface area contributed by atoms with E-state index in [-0.39, 0.29) is 12.1 Å². The van der Waals surface area contributed by atoms with Gasteiger partial charge in [0.05, 0.1) is 12.3 Å². The van der Waals surface area contributed by atoms with E-state index in [1.807, 2.05) is 31.0 Å². The standard InChI is InChI=1S/C12H23N3O/c1-4-12(16-5-2)11(13)7-6-10-8-14-15(3)9-10/h8-9,11-12H,4-7,13H2,1-3H3. The van der Waals surface area contributed by atoms with Crippen molar-refractivity contribution in [1.82, 2.24) is 9.78 Å². The van der Waals surface area contributed by atoms with E-state index in [2.05, 4.69) is 12.0 Å². The number of ether oxygens (including phenoxy) is 1. The predicted octanol–water partition coefficient (Wildman–Crippen LogP) is 1.50. The Morgan fingerprint density at radius 2 is 2.25 bits per heavy atom. The summed E-state index contributed by atoms with van der Waals surface area (Å²) in [5.74, 6) is 0. The summed E-state index contributed by atoms with van der Waals surface area (Å²) in [6.07, 6.45) is 7.01. The van der Waals surface area contributed by atoms with Crippen LogP contribution >= 0.6 is 0 Å². The molecule has 16 heavy (non-hydrogen) atoms. The minimum Gasteiger partial charge on any atom is -0.377 e. The summed E-state index contributed by atoms with van der Waals surface area (Å²) < 4.78 is 7.42. The lowest BCUT2D eigenvalue weighted by Gasteiger charge is -2.22. The van der Waals surface area contributed by atoms with Crippen molar-refractivity contribution in [3.8, 4) is 0 Å². The molecule has 0 spiro atoms. The van der Waals surface area contributed by atoms with Crippen LogP contribution in [0.1, 0.15) is 32.3 Å². The fourth-order valence-corrected chi connectivity index (χ4v) is 1.88. The molecule has 2 atom stereocenters. The summed E-state index contributed by atoms with van der Waals surface area (Å²) in [5.41, 5.74) is 7.36. The van der Waals surface area contributed by atoms with Gasteiger partial charge in [-0.05, 0) is 31.7 Å². The number of rotatable bonds is 7. The molecule has 2 N–H and O–H groups in total. The molecule has 0 aliphatic heterocycles. The van der Waals surface area contributed by atoms with Gasteiger partial charge in [0, 0.05) is 25.9 Å². The van der Waals surface area contributed by atoms with Crippen molar-refractivity contribution in [3.63, 3.8) is 0 Å². The van der Waals surface area contributed by atoms with Gasteiger partial charge < -0.3 is 10.5 Å². The average molecular weight is 225 g/mol.